The highest BCUT2D eigenvalue weighted by Gasteiger charge is 1.79. The summed E-state index contributed by atoms with van der Waals surface area (Å²) in [7, 11) is 0. The molecule has 0 nitrogen and oxygen atoms in total. The van der Waals surface area contributed by atoms with E-state index in [1.54, 1.807) is 0 Å². The summed E-state index contributed by atoms with van der Waals surface area (Å²) in [5, 5.41) is 0. The summed E-state index contributed by atoms with van der Waals surface area (Å²) >= 11 is 0. The third-order valence-electron chi connectivity index (χ3n) is 1.16. The van der Waals surface area contributed by atoms with Crippen molar-refractivity contribution in [1.82, 2.24) is 0 Å². The van der Waals surface area contributed by atoms with E-state index in [4.69, 9.17) is 0 Å². The Bertz CT molecular complexity index is 121. The molecule has 0 spiro atoms. The van der Waals surface area contributed by atoms with Crippen LogP contribution in [-0.2, 0) is 0 Å². The van der Waals surface area contributed by atoms with Crippen molar-refractivity contribution in [3.05, 3.63) is 23.8 Å². The Labute approximate surface area is 64.6 Å². The number of allylic oxidation sites excluding steroid dienone is 4. The molecule has 0 radical (unpaired) electrons. The molecule has 0 saturated carbocycles. The first-order valence-corrected chi connectivity index (χ1v) is 3.46. The second kappa shape index (κ2) is 10.9. The molecular formula is C10H16. The Balaban J connectivity index is 0. The van der Waals surface area contributed by atoms with Gasteiger partial charge in [0.1, 0.15) is 0 Å². The monoisotopic (exact) mass is 136 g/mol. The fraction of sp³-hybridized carbons (Fsp3) is 0.400. The van der Waals surface area contributed by atoms with Crippen LogP contribution in [0.3, 0.4) is 0 Å². The van der Waals surface area contributed by atoms with Gasteiger partial charge in [0.2, 0.25) is 0 Å². The van der Waals surface area contributed by atoms with Gasteiger partial charge in [-0.05, 0) is 20.3 Å². The van der Waals surface area contributed by atoms with E-state index in [0.29, 0.717) is 0 Å². The SMILES string of the molecule is C#C.C/C=C\C(=C/C)CC. The Morgan fingerprint density at radius 3 is 1.90 bits per heavy atom. The second-order valence-electron chi connectivity index (χ2n) is 1.72. The van der Waals surface area contributed by atoms with E-state index in [2.05, 4.69) is 44.9 Å². The molecule has 0 saturated heterocycles. The van der Waals surface area contributed by atoms with E-state index >= 15 is 0 Å². The van der Waals surface area contributed by atoms with Gasteiger partial charge in [-0.3, -0.25) is 0 Å². The number of rotatable bonds is 2. The predicted octanol–water partition coefficient (Wildman–Crippen LogP) is 3.17. The van der Waals surface area contributed by atoms with Crippen LogP contribution in [-0.4, -0.2) is 0 Å². The molecule has 0 aromatic rings. The highest BCUT2D eigenvalue weighted by atomic mass is 13.9. The molecule has 0 aromatic carbocycles. The fourth-order valence-electron chi connectivity index (χ4n) is 0.632. The average Bonchev–Trinajstić information content (AvgIpc) is 2.04. The minimum atomic E-state index is 1.14. The highest BCUT2D eigenvalue weighted by molar-refractivity contribution is 5.16. The zero-order valence-electron chi connectivity index (χ0n) is 7.09. The first kappa shape index (κ1) is 11.8. The van der Waals surface area contributed by atoms with Gasteiger partial charge in [0, 0.05) is 0 Å². The maximum atomic E-state index is 4.00. The van der Waals surface area contributed by atoms with Crippen LogP contribution in [0.2, 0.25) is 0 Å². The molecule has 0 rings (SSSR count). The third-order valence-corrected chi connectivity index (χ3v) is 1.16. The second-order valence-corrected chi connectivity index (χ2v) is 1.72. The van der Waals surface area contributed by atoms with E-state index in [9.17, 15) is 0 Å². The molecule has 56 valence electrons. The first-order valence-electron chi connectivity index (χ1n) is 3.46. The van der Waals surface area contributed by atoms with Crippen LogP contribution in [0.4, 0.5) is 0 Å². The van der Waals surface area contributed by atoms with E-state index in [0.717, 1.165) is 6.42 Å². The van der Waals surface area contributed by atoms with Crippen molar-refractivity contribution in [2.75, 3.05) is 0 Å². The molecule has 0 aromatic heterocycles. The minimum Gasteiger partial charge on any atom is -0.124 e. The van der Waals surface area contributed by atoms with Crippen molar-refractivity contribution in [2.45, 2.75) is 27.2 Å². The maximum absolute atomic E-state index is 4.00. The van der Waals surface area contributed by atoms with Gasteiger partial charge in [0.15, 0.2) is 0 Å². The van der Waals surface area contributed by atoms with Crippen LogP contribution in [0, 0.1) is 12.8 Å². The molecule has 0 heteroatoms. The Morgan fingerprint density at radius 1 is 1.30 bits per heavy atom. The van der Waals surface area contributed by atoms with Gasteiger partial charge in [-0.25, -0.2) is 0 Å². The van der Waals surface area contributed by atoms with Crippen LogP contribution < -0.4 is 0 Å². The lowest BCUT2D eigenvalue weighted by Crippen LogP contribution is -1.69. The molecule has 0 aliphatic carbocycles. The summed E-state index contributed by atoms with van der Waals surface area (Å²) in [6.45, 7) is 6.27. The largest absolute Gasteiger partial charge is 0.124 e. The van der Waals surface area contributed by atoms with Gasteiger partial charge >= 0.3 is 0 Å². The van der Waals surface area contributed by atoms with E-state index < -0.39 is 0 Å². The molecule has 0 N–H and O–H groups in total. The average molecular weight is 136 g/mol. The van der Waals surface area contributed by atoms with Gasteiger partial charge < -0.3 is 0 Å². The van der Waals surface area contributed by atoms with Crippen LogP contribution in [0.25, 0.3) is 0 Å². The normalized spacial score (nSPS) is 10.7. The molecule has 0 fully saturated rings. The number of hydrogen-bond donors (Lipinski definition) is 0. The lowest BCUT2D eigenvalue weighted by molar-refractivity contribution is 1.14. The van der Waals surface area contributed by atoms with E-state index in [1.165, 1.54) is 5.57 Å². The zero-order valence-corrected chi connectivity index (χ0v) is 7.09. The van der Waals surface area contributed by atoms with Gasteiger partial charge in [0.05, 0.1) is 0 Å². The van der Waals surface area contributed by atoms with Crippen molar-refractivity contribution in [2.24, 2.45) is 0 Å². The van der Waals surface area contributed by atoms with Crippen LogP contribution in [0.5, 0.6) is 0 Å². The summed E-state index contributed by atoms with van der Waals surface area (Å²) in [5.41, 5.74) is 1.41. The minimum absolute atomic E-state index is 1.14. The van der Waals surface area contributed by atoms with Crippen molar-refractivity contribution in [3.63, 3.8) is 0 Å². The summed E-state index contributed by atoms with van der Waals surface area (Å²) in [4.78, 5) is 0. The quantitative estimate of drug-likeness (QED) is 0.404. The predicted molar refractivity (Wildman–Crippen MR) is 48.8 cm³/mol. The van der Waals surface area contributed by atoms with Crippen molar-refractivity contribution in [3.8, 4) is 12.8 Å². The zero-order chi connectivity index (χ0) is 8.41. The molecule has 0 bridgehead atoms. The van der Waals surface area contributed by atoms with Gasteiger partial charge in [0.25, 0.3) is 0 Å². The molecule has 0 atom stereocenters. The van der Waals surface area contributed by atoms with Crippen LogP contribution in [0.1, 0.15) is 27.2 Å². The van der Waals surface area contributed by atoms with Gasteiger partial charge in [-0.2, -0.15) is 0 Å². The van der Waals surface area contributed by atoms with Gasteiger partial charge in [-0.1, -0.05) is 30.7 Å². The molecular weight excluding hydrogens is 120 g/mol. The fourth-order valence-corrected chi connectivity index (χ4v) is 0.632. The standard InChI is InChI=1S/C8H14.C2H2/c1-4-7-8(5-2)6-3;1-2/h4-5,7H,6H2,1-3H3;1-2H/b7-4-,8-5-;. The van der Waals surface area contributed by atoms with E-state index in [-0.39, 0.29) is 0 Å². The number of hydrogen-bond acceptors (Lipinski definition) is 0. The summed E-state index contributed by atoms with van der Waals surface area (Å²) < 4.78 is 0. The third kappa shape index (κ3) is 7.04. The topological polar surface area (TPSA) is 0 Å². The number of terminal acetylenes is 1. The summed E-state index contributed by atoms with van der Waals surface area (Å²) in [6.07, 6.45) is 15.5. The summed E-state index contributed by atoms with van der Waals surface area (Å²) in [6, 6.07) is 0. The van der Waals surface area contributed by atoms with Crippen molar-refractivity contribution < 1.29 is 0 Å². The van der Waals surface area contributed by atoms with Crippen molar-refractivity contribution >= 4 is 0 Å². The highest BCUT2D eigenvalue weighted by Crippen LogP contribution is 2.00. The molecule has 0 heterocycles. The van der Waals surface area contributed by atoms with E-state index in [1.807, 2.05) is 6.92 Å². The van der Waals surface area contributed by atoms with Crippen LogP contribution in [0.15, 0.2) is 23.8 Å². The Morgan fingerprint density at radius 2 is 1.80 bits per heavy atom. The molecule has 0 aliphatic heterocycles. The molecule has 10 heavy (non-hydrogen) atoms. The lowest BCUT2D eigenvalue weighted by atomic mass is 10.2. The lowest BCUT2D eigenvalue weighted by Gasteiger charge is -1.90. The Kier molecular flexibility index (Phi) is 12.9. The smallest absolute Gasteiger partial charge is 0.0311 e. The first-order chi connectivity index (χ1) is 4.85. The van der Waals surface area contributed by atoms with Crippen LogP contribution >= 0.6 is 0 Å². The molecule has 0 aliphatic rings. The van der Waals surface area contributed by atoms with Crippen molar-refractivity contribution in [1.29, 1.82) is 0 Å². The molecule has 0 unspecified atom stereocenters. The maximum Gasteiger partial charge on any atom is -0.0311 e. The molecule has 0 amide bonds. The van der Waals surface area contributed by atoms with Gasteiger partial charge in [-0.15, -0.1) is 12.8 Å². The summed E-state index contributed by atoms with van der Waals surface area (Å²) in [5.74, 6) is 0. The Hall–Kier alpha value is -0.960.